The van der Waals surface area contributed by atoms with Crippen molar-refractivity contribution in [1.82, 2.24) is 10.6 Å². The molecular formula is C31H37ClN4O6Pd. The first kappa shape index (κ1) is 35.8. The van der Waals surface area contributed by atoms with E-state index in [0.29, 0.717) is 37.2 Å². The Morgan fingerprint density at radius 3 is 1.37 bits per heavy atom. The van der Waals surface area contributed by atoms with E-state index < -0.39 is 12.1 Å². The third-order valence-electron chi connectivity index (χ3n) is 6.93. The molecule has 0 radical (unpaired) electrons. The summed E-state index contributed by atoms with van der Waals surface area (Å²) in [6.07, 6.45) is 5.01. The molecule has 2 amide bonds. The number of nitrogens with zero attached hydrogens (tertiary/aromatic N) is 2. The Bertz CT molecular complexity index is 1260. The minimum atomic E-state index is -0.467. The Balaban J connectivity index is 0.00000211. The van der Waals surface area contributed by atoms with Gasteiger partial charge in [-0.05, 0) is 87.1 Å². The quantitative estimate of drug-likeness (QED) is 0.199. The van der Waals surface area contributed by atoms with Gasteiger partial charge in [0, 0.05) is 25.3 Å². The summed E-state index contributed by atoms with van der Waals surface area (Å²) in [5, 5.41) is 5.32. The van der Waals surface area contributed by atoms with Gasteiger partial charge in [0.05, 0.1) is 23.5 Å². The van der Waals surface area contributed by atoms with Crippen LogP contribution >= 0.6 is 9.53 Å². The van der Waals surface area contributed by atoms with Gasteiger partial charge < -0.3 is 27.5 Å². The Kier molecular flexibility index (Phi) is 14.2. The fraction of sp³-hybridized carbons (Fsp3) is 0.387. The molecule has 2 aromatic carbocycles. The van der Waals surface area contributed by atoms with Crippen LogP contribution < -0.4 is 20.1 Å². The zero-order valence-electron chi connectivity index (χ0n) is 24.9. The van der Waals surface area contributed by atoms with E-state index in [4.69, 9.17) is 9.47 Å². The van der Waals surface area contributed by atoms with Gasteiger partial charge in [-0.15, -0.1) is 0 Å². The van der Waals surface area contributed by atoms with Crippen molar-refractivity contribution in [3.8, 4) is 11.5 Å². The van der Waals surface area contributed by atoms with Crippen LogP contribution in [0.15, 0.2) is 34.3 Å². The molecule has 43 heavy (non-hydrogen) atoms. The number of hydrogen-bond acceptors (Lipinski definition) is 8. The summed E-state index contributed by atoms with van der Waals surface area (Å²) in [5.74, 6) is 0.655. The van der Waals surface area contributed by atoms with Crippen molar-refractivity contribution in [3.63, 3.8) is 0 Å². The first-order valence-electron chi connectivity index (χ1n) is 13.4. The molecule has 0 spiro atoms. The van der Waals surface area contributed by atoms with Crippen LogP contribution in [0.2, 0.25) is 0 Å². The third-order valence-corrected chi connectivity index (χ3v) is 6.93. The van der Waals surface area contributed by atoms with Gasteiger partial charge in [-0.1, -0.05) is 0 Å². The predicted molar refractivity (Wildman–Crippen MR) is 164 cm³/mol. The number of carbonyl (C=O) groups excluding carboxylic acids is 4. The van der Waals surface area contributed by atoms with Crippen molar-refractivity contribution >= 4 is 56.7 Å². The van der Waals surface area contributed by atoms with Crippen molar-refractivity contribution in [3.05, 3.63) is 53.9 Å². The molecule has 2 N–H and O–H groups in total. The van der Waals surface area contributed by atoms with Gasteiger partial charge in [-0.3, -0.25) is 29.2 Å². The normalized spacial score (nSPS) is 17.7. The van der Waals surface area contributed by atoms with Gasteiger partial charge in [0.2, 0.25) is 11.8 Å². The summed E-state index contributed by atoms with van der Waals surface area (Å²) in [5.41, 5.74) is 5.13. The predicted octanol–water partition coefficient (Wildman–Crippen LogP) is 4.62. The number of hydrogen-bond donors (Lipinski definition) is 2. The summed E-state index contributed by atoms with van der Waals surface area (Å²) in [6.45, 7) is 7.47. The second-order valence-electron chi connectivity index (χ2n) is 10.2. The number of carbonyl (C=O) groups is 4. The molecule has 2 unspecified atom stereocenters. The summed E-state index contributed by atoms with van der Waals surface area (Å²) in [6, 6.07) is 6.38. The molecule has 12 heteroatoms. The van der Waals surface area contributed by atoms with Crippen LogP contribution in [0.5, 0.6) is 11.5 Å². The van der Waals surface area contributed by atoms with Crippen LogP contribution in [0.1, 0.15) is 47.9 Å². The van der Waals surface area contributed by atoms with Crippen LogP contribution in [0.3, 0.4) is 0 Å². The Hall–Kier alpha value is -3.39. The van der Waals surface area contributed by atoms with Gasteiger partial charge in [-0.2, -0.15) is 0 Å². The van der Waals surface area contributed by atoms with E-state index in [-0.39, 0.29) is 44.0 Å². The molecule has 2 aliphatic heterocycles. The zero-order valence-corrected chi connectivity index (χ0v) is 27.2. The van der Waals surface area contributed by atoms with E-state index in [1.54, 1.807) is 12.4 Å². The number of nitrogens with one attached hydrogen (secondary N) is 2. The molecule has 0 bridgehead atoms. The molecule has 0 aromatic heterocycles. The van der Waals surface area contributed by atoms with Crippen molar-refractivity contribution in [2.75, 3.05) is 13.2 Å². The molecule has 0 aliphatic carbocycles. The van der Waals surface area contributed by atoms with Gasteiger partial charge in [0.15, 0.2) is 11.6 Å². The number of halogens is 1. The number of Topliss-reactive ketones (excluding diaryl/α,β-unsaturated/α-hetero) is 2. The number of ether oxygens (including phenoxy) is 2. The van der Waals surface area contributed by atoms with Gasteiger partial charge >= 0.3 is 27.7 Å². The molecule has 2 heterocycles. The van der Waals surface area contributed by atoms with Crippen molar-refractivity contribution in [1.29, 1.82) is 0 Å². The fourth-order valence-electron chi connectivity index (χ4n) is 4.84. The van der Waals surface area contributed by atoms with Crippen LogP contribution in [0, 0.1) is 35.1 Å². The summed E-state index contributed by atoms with van der Waals surface area (Å²) in [4.78, 5) is 56.3. The summed E-state index contributed by atoms with van der Waals surface area (Å²) < 4.78 is 11.4. The minimum absolute atomic E-state index is 0. The van der Waals surface area contributed by atoms with E-state index in [0.717, 1.165) is 33.6 Å². The second kappa shape index (κ2) is 17.0. The van der Waals surface area contributed by atoms with Gasteiger partial charge in [-0.25, -0.2) is 0 Å². The monoisotopic (exact) mass is 702 g/mol. The second-order valence-corrected chi connectivity index (χ2v) is 10.2. The summed E-state index contributed by atoms with van der Waals surface area (Å²) >= 11 is 2.22. The molecule has 2 atom stereocenters. The van der Waals surface area contributed by atoms with Crippen LogP contribution in [-0.2, 0) is 37.4 Å². The molecule has 2 saturated heterocycles. The van der Waals surface area contributed by atoms with Crippen LogP contribution in [-0.4, -0.2) is 61.1 Å². The van der Waals surface area contributed by atoms with E-state index in [9.17, 15) is 19.2 Å². The number of aliphatic imine (C=N–C) groups is 2. The Labute approximate surface area is 267 Å². The zero-order chi connectivity index (χ0) is 30.8. The van der Waals surface area contributed by atoms with Crippen LogP contribution in [0.4, 0.5) is 11.4 Å². The number of ketones is 2. The Morgan fingerprint density at radius 1 is 0.767 bits per heavy atom. The average molecular weight is 704 g/mol. The average Bonchev–Trinajstić information content (AvgIpc) is 3.60. The van der Waals surface area contributed by atoms with Crippen molar-refractivity contribution in [2.24, 2.45) is 9.98 Å². The molecule has 4 rings (SSSR count). The molecule has 2 aliphatic rings. The maximum atomic E-state index is 12.3. The molecule has 234 valence electrons. The molecule has 2 aromatic rings. The molecule has 0 saturated carbocycles. The number of amides is 2. The molecule has 2 fully saturated rings. The molecular weight excluding hydrogens is 666 g/mol. The SMILES string of the molecule is Cc1cc(OCC(=O)C2CCC(=O)N2)cc(C)c1N=CC=Nc1c(C)cc(OCC(=O)C2CCC(=O)N2)cc1C.[CH3-].[Cl][Pd+]. The van der Waals surface area contributed by atoms with E-state index in [2.05, 4.69) is 48.3 Å². The first-order valence-corrected chi connectivity index (χ1v) is 15.4. The van der Waals surface area contributed by atoms with Crippen molar-refractivity contribution in [2.45, 2.75) is 65.5 Å². The number of rotatable bonds is 11. The fourth-order valence-corrected chi connectivity index (χ4v) is 4.84. The topological polar surface area (TPSA) is 136 Å². The first-order chi connectivity index (χ1) is 20.1. The van der Waals surface area contributed by atoms with E-state index in [1.165, 1.54) is 0 Å². The standard InChI is InChI=1S/C30H34N4O6.CH3.ClH.Pd/c1-17-11-21(39-15-25(35)23-5-7-27(37)33-23)12-18(2)29(17)31-9-10-32-30-19(3)13-22(14-20(30)4)40-16-26(36)24-6-8-28(38)34-24;;;/h9-14,23-24H,5-8,15-16H2,1-4H3,(H,33,37)(H,34,38);1H3;1H;/q;-1;;+2/p-1. The van der Waals surface area contributed by atoms with Gasteiger partial charge in [0.25, 0.3) is 0 Å². The van der Waals surface area contributed by atoms with E-state index in [1.807, 2.05) is 52.0 Å². The molecule has 10 nitrogen and oxygen atoms in total. The van der Waals surface area contributed by atoms with Crippen LogP contribution in [0.25, 0.3) is 0 Å². The third kappa shape index (κ3) is 10.1. The summed E-state index contributed by atoms with van der Waals surface area (Å²) in [7, 11) is 4.49. The van der Waals surface area contributed by atoms with Crippen molar-refractivity contribution < 1.29 is 46.8 Å². The Morgan fingerprint density at radius 2 is 1.09 bits per heavy atom. The number of benzene rings is 2. The maximum absolute atomic E-state index is 12.3. The van der Waals surface area contributed by atoms with Gasteiger partial charge in [0.1, 0.15) is 24.7 Å². The number of aryl methyl sites for hydroxylation is 4. The van der Waals surface area contributed by atoms with E-state index >= 15 is 0 Å².